The Morgan fingerprint density at radius 2 is 2.11 bits per heavy atom. The molecule has 0 aliphatic rings. The minimum atomic E-state index is -0.387. The number of hydrogen-bond acceptors (Lipinski definition) is 4. The molecule has 0 aromatic heterocycles. The highest BCUT2D eigenvalue weighted by atomic mass is 19.1. The van der Waals surface area contributed by atoms with Crippen molar-refractivity contribution >= 4 is 11.4 Å². The topological polar surface area (TPSA) is 56.5 Å². The van der Waals surface area contributed by atoms with Crippen LogP contribution >= 0.6 is 0 Å². The highest BCUT2D eigenvalue weighted by Crippen LogP contribution is 2.27. The molecular formula is C13H21FN2O2. The summed E-state index contributed by atoms with van der Waals surface area (Å²) in [6, 6.07) is 2.80. The fourth-order valence-electron chi connectivity index (χ4n) is 1.49. The van der Waals surface area contributed by atoms with E-state index in [0.717, 1.165) is 19.4 Å². The maximum Gasteiger partial charge on any atom is 0.148 e. The highest BCUT2D eigenvalue weighted by molar-refractivity contribution is 5.62. The number of anilines is 2. The van der Waals surface area contributed by atoms with E-state index in [1.807, 2.05) is 0 Å². The molecule has 0 spiro atoms. The van der Waals surface area contributed by atoms with E-state index < -0.39 is 0 Å². The lowest BCUT2D eigenvalue weighted by molar-refractivity contribution is 0.141. The first-order chi connectivity index (χ1) is 8.69. The van der Waals surface area contributed by atoms with Crippen LogP contribution in [0.25, 0.3) is 0 Å². The van der Waals surface area contributed by atoms with E-state index in [1.165, 1.54) is 13.2 Å². The van der Waals surface area contributed by atoms with E-state index in [-0.39, 0.29) is 5.82 Å². The van der Waals surface area contributed by atoms with E-state index in [1.54, 1.807) is 6.07 Å². The number of rotatable bonds is 8. The van der Waals surface area contributed by atoms with Crippen molar-refractivity contribution < 1.29 is 13.9 Å². The molecule has 0 saturated carbocycles. The molecule has 102 valence electrons. The molecule has 1 aromatic rings. The highest BCUT2D eigenvalue weighted by Gasteiger charge is 2.07. The summed E-state index contributed by atoms with van der Waals surface area (Å²) < 4.78 is 24.0. The second kappa shape index (κ2) is 7.76. The third-order valence-electron chi connectivity index (χ3n) is 2.52. The SMILES string of the molecule is CCCCOCCNc1cc(OC)c(N)cc1F. The molecule has 0 amide bonds. The van der Waals surface area contributed by atoms with Gasteiger partial charge in [0.2, 0.25) is 0 Å². The number of methoxy groups -OCH3 is 1. The van der Waals surface area contributed by atoms with Crippen LogP contribution in [0.2, 0.25) is 0 Å². The second-order valence-corrected chi connectivity index (χ2v) is 3.97. The summed E-state index contributed by atoms with van der Waals surface area (Å²) in [5, 5.41) is 2.96. The van der Waals surface area contributed by atoms with Crippen molar-refractivity contribution in [3.8, 4) is 5.75 Å². The number of hydrogen-bond donors (Lipinski definition) is 2. The minimum absolute atomic E-state index is 0.291. The van der Waals surface area contributed by atoms with Crippen LogP contribution in [0.15, 0.2) is 12.1 Å². The molecule has 1 rings (SSSR count). The maximum absolute atomic E-state index is 13.6. The van der Waals surface area contributed by atoms with Crippen LogP contribution in [0.4, 0.5) is 15.8 Å². The average molecular weight is 256 g/mol. The van der Waals surface area contributed by atoms with Gasteiger partial charge in [-0.2, -0.15) is 0 Å². The van der Waals surface area contributed by atoms with Crippen molar-refractivity contribution in [2.45, 2.75) is 19.8 Å². The number of nitrogen functional groups attached to an aromatic ring is 1. The van der Waals surface area contributed by atoms with Gasteiger partial charge in [0.25, 0.3) is 0 Å². The molecule has 5 heteroatoms. The normalized spacial score (nSPS) is 10.4. The number of nitrogens with one attached hydrogen (secondary N) is 1. The van der Waals surface area contributed by atoms with Crippen LogP contribution in [-0.4, -0.2) is 26.9 Å². The van der Waals surface area contributed by atoms with Crippen molar-refractivity contribution in [1.82, 2.24) is 0 Å². The van der Waals surface area contributed by atoms with Gasteiger partial charge >= 0.3 is 0 Å². The number of halogens is 1. The number of benzene rings is 1. The van der Waals surface area contributed by atoms with Crippen molar-refractivity contribution in [3.63, 3.8) is 0 Å². The van der Waals surface area contributed by atoms with Gasteiger partial charge in [0.15, 0.2) is 0 Å². The molecule has 0 aliphatic carbocycles. The van der Waals surface area contributed by atoms with Gasteiger partial charge in [0.1, 0.15) is 11.6 Å². The largest absolute Gasteiger partial charge is 0.495 e. The average Bonchev–Trinajstić information content (AvgIpc) is 2.36. The van der Waals surface area contributed by atoms with E-state index in [4.69, 9.17) is 15.2 Å². The van der Waals surface area contributed by atoms with Crippen molar-refractivity contribution in [1.29, 1.82) is 0 Å². The van der Waals surface area contributed by atoms with Crippen LogP contribution in [-0.2, 0) is 4.74 Å². The Bertz CT molecular complexity index is 372. The van der Waals surface area contributed by atoms with E-state index in [9.17, 15) is 4.39 Å². The first kappa shape index (κ1) is 14.6. The van der Waals surface area contributed by atoms with Gasteiger partial charge in [-0.3, -0.25) is 0 Å². The molecule has 0 aliphatic heterocycles. The molecule has 0 heterocycles. The summed E-state index contributed by atoms with van der Waals surface area (Å²) >= 11 is 0. The van der Waals surface area contributed by atoms with E-state index in [2.05, 4.69) is 12.2 Å². The Balaban J connectivity index is 2.42. The zero-order valence-corrected chi connectivity index (χ0v) is 11.0. The smallest absolute Gasteiger partial charge is 0.148 e. The molecule has 4 nitrogen and oxygen atoms in total. The first-order valence-electron chi connectivity index (χ1n) is 6.13. The van der Waals surface area contributed by atoms with Gasteiger partial charge in [-0.15, -0.1) is 0 Å². The molecule has 18 heavy (non-hydrogen) atoms. The zero-order valence-electron chi connectivity index (χ0n) is 11.0. The molecule has 0 atom stereocenters. The summed E-state index contributed by atoms with van der Waals surface area (Å²) in [4.78, 5) is 0. The van der Waals surface area contributed by atoms with E-state index in [0.29, 0.717) is 30.3 Å². The van der Waals surface area contributed by atoms with Gasteiger partial charge in [0.05, 0.1) is 25.1 Å². The Morgan fingerprint density at radius 3 is 2.78 bits per heavy atom. The van der Waals surface area contributed by atoms with Gasteiger partial charge < -0.3 is 20.5 Å². The zero-order chi connectivity index (χ0) is 13.4. The summed E-state index contributed by atoms with van der Waals surface area (Å²) in [7, 11) is 1.50. The van der Waals surface area contributed by atoms with Crippen LogP contribution in [0.1, 0.15) is 19.8 Å². The van der Waals surface area contributed by atoms with Crippen molar-refractivity contribution in [2.75, 3.05) is 37.9 Å². The summed E-state index contributed by atoms with van der Waals surface area (Å²) in [6.07, 6.45) is 2.15. The van der Waals surface area contributed by atoms with Gasteiger partial charge in [-0.05, 0) is 6.42 Å². The maximum atomic E-state index is 13.6. The van der Waals surface area contributed by atoms with Crippen LogP contribution in [0.5, 0.6) is 5.75 Å². The van der Waals surface area contributed by atoms with Crippen LogP contribution in [0.3, 0.4) is 0 Å². The lowest BCUT2D eigenvalue weighted by Crippen LogP contribution is -2.11. The van der Waals surface area contributed by atoms with Crippen molar-refractivity contribution in [2.24, 2.45) is 0 Å². The van der Waals surface area contributed by atoms with E-state index >= 15 is 0 Å². The molecule has 0 radical (unpaired) electrons. The molecular weight excluding hydrogens is 235 g/mol. The second-order valence-electron chi connectivity index (χ2n) is 3.97. The lowest BCUT2D eigenvalue weighted by Gasteiger charge is -2.11. The molecule has 0 bridgehead atoms. The third kappa shape index (κ3) is 4.41. The molecule has 0 saturated heterocycles. The lowest BCUT2D eigenvalue weighted by atomic mass is 10.2. The Morgan fingerprint density at radius 1 is 1.33 bits per heavy atom. The molecule has 1 aromatic carbocycles. The molecule has 3 N–H and O–H groups in total. The summed E-state index contributed by atoms with van der Waals surface area (Å²) in [6.45, 7) is 3.95. The standard InChI is InChI=1S/C13H21FN2O2/c1-3-4-6-18-7-5-16-12-9-13(17-2)11(15)8-10(12)14/h8-9,16H,3-7,15H2,1-2H3. The minimum Gasteiger partial charge on any atom is -0.495 e. The third-order valence-corrected chi connectivity index (χ3v) is 2.52. The quantitative estimate of drug-likeness (QED) is 0.554. The Hall–Kier alpha value is -1.49. The monoisotopic (exact) mass is 256 g/mol. The Kier molecular flexibility index (Phi) is 6.28. The number of unbranched alkanes of at least 4 members (excludes halogenated alkanes) is 1. The first-order valence-corrected chi connectivity index (χ1v) is 6.13. The summed E-state index contributed by atoms with van der Waals surface area (Å²) in [5.41, 5.74) is 6.26. The number of ether oxygens (including phenoxy) is 2. The van der Waals surface area contributed by atoms with Gasteiger partial charge in [-0.1, -0.05) is 13.3 Å². The fourth-order valence-corrected chi connectivity index (χ4v) is 1.49. The fraction of sp³-hybridized carbons (Fsp3) is 0.538. The predicted octanol–water partition coefficient (Wildman–Crippen LogP) is 2.65. The van der Waals surface area contributed by atoms with Gasteiger partial charge in [0, 0.05) is 25.3 Å². The predicted molar refractivity (Wildman–Crippen MR) is 71.6 cm³/mol. The molecule has 0 unspecified atom stereocenters. The van der Waals surface area contributed by atoms with Crippen molar-refractivity contribution in [3.05, 3.63) is 17.9 Å². The van der Waals surface area contributed by atoms with Crippen LogP contribution in [0, 0.1) is 5.82 Å². The molecule has 0 fully saturated rings. The summed E-state index contributed by atoms with van der Waals surface area (Å²) in [5.74, 6) is 0.0765. The Labute approximate surface area is 107 Å². The van der Waals surface area contributed by atoms with Gasteiger partial charge in [-0.25, -0.2) is 4.39 Å². The van der Waals surface area contributed by atoms with Crippen LogP contribution < -0.4 is 15.8 Å². The number of nitrogens with two attached hydrogens (primary N) is 1.